The third-order valence-corrected chi connectivity index (χ3v) is 2.74. The average Bonchev–Trinajstić information content (AvgIpc) is 2.28. The molecule has 5 heteroatoms. The summed E-state index contributed by atoms with van der Waals surface area (Å²) in [5.41, 5.74) is -0.598. The molecule has 0 saturated heterocycles. The first kappa shape index (κ1) is 11.7. The molecule has 90 valence electrons. The maximum atomic E-state index is 13.5. The Morgan fingerprint density at radius 1 is 1.35 bits per heavy atom. The number of carbonyl (C=O) groups is 1. The fourth-order valence-corrected chi connectivity index (χ4v) is 1.95. The van der Waals surface area contributed by atoms with Crippen molar-refractivity contribution in [1.29, 1.82) is 0 Å². The highest BCUT2D eigenvalue weighted by atomic mass is 19.3. The van der Waals surface area contributed by atoms with Crippen molar-refractivity contribution in [1.82, 2.24) is 0 Å². The number of halogens is 3. The second kappa shape index (κ2) is 3.91. The van der Waals surface area contributed by atoms with Gasteiger partial charge in [0, 0.05) is 11.1 Å². The van der Waals surface area contributed by atoms with E-state index in [1.807, 2.05) is 0 Å². The molecule has 0 bridgehead atoms. The lowest BCUT2D eigenvalue weighted by molar-refractivity contribution is -0.156. The van der Waals surface area contributed by atoms with Gasteiger partial charge in [-0.15, -0.1) is 0 Å². The van der Waals surface area contributed by atoms with Crippen molar-refractivity contribution in [2.75, 3.05) is 0 Å². The summed E-state index contributed by atoms with van der Waals surface area (Å²) >= 11 is 0. The molecule has 2 nitrogen and oxygen atoms in total. The number of carboxylic acids is 1. The smallest absolute Gasteiger partial charge is 0.379 e. The van der Waals surface area contributed by atoms with Crippen LogP contribution in [0.4, 0.5) is 13.2 Å². The van der Waals surface area contributed by atoms with E-state index in [9.17, 15) is 18.0 Å². The van der Waals surface area contributed by atoms with Gasteiger partial charge in [-0.25, -0.2) is 9.18 Å². The molecule has 0 aliphatic heterocycles. The molecule has 0 fully saturated rings. The van der Waals surface area contributed by atoms with E-state index in [0.717, 1.165) is 12.1 Å². The number of alkyl halides is 2. The summed E-state index contributed by atoms with van der Waals surface area (Å²) < 4.78 is 40.5. The van der Waals surface area contributed by atoms with Crippen molar-refractivity contribution in [3.05, 3.63) is 41.2 Å². The highest BCUT2D eigenvalue weighted by Gasteiger charge is 2.45. The largest absolute Gasteiger partial charge is 0.477 e. The Labute approximate surface area is 95.4 Å². The SMILES string of the molecule is O=C(O)C(F)(F)C1=CCCc2cccc(F)c21. The number of aliphatic carboxylic acids is 1. The summed E-state index contributed by atoms with van der Waals surface area (Å²) in [7, 11) is 0. The lowest BCUT2D eigenvalue weighted by Crippen LogP contribution is -2.31. The van der Waals surface area contributed by atoms with Gasteiger partial charge in [-0.1, -0.05) is 18.2 Å². The number of aryl methyl sites for hydroxylation is 1. The molecule has 1 aliphatic rings. The van der Waals surface area contributed by atoms with Gasteiger partial charge in [0.15, 0.2) is 0 Å². The van der Waals surface area contributed by atoms with Gasteiger partial charge in [0.1, 0.15) is 5.82 Å². The third-order valence-electron chi connectivity index (χ3n) is 2.74. The normalized spacial score (nSPS) is 15.1. The Kier molecular flexibility index (Phi) is 2.69. The van der Waals surface area contributed by atoms with E-state index >= 15 is 0 Å². The number of hydrogen-bond acceptors (Lipinski definition) is 1. The molecule has 0 heterocycles. The van der Waals surface area contributed by atoms with Gasteiger partial charge in [-0.05, 0) is 24.5 Å². The number of fused-ring (bicyclic) bond motifs is 1. The van der Waals surface area contributed by atoms with Crippen LogP contribution in [-0.2, 0) is 11.2 Å². The van der Waals surface area contributed by atoms with Crippen LogP contribution in [-0.4, -0.2) is 17.0 Å². The topological polar surface area (TPSA) is 37.3 Å². The van der Waals surface area contributed by atoms with Crippen molar-refractivity contribution in [2.24, 2.45) is 0 Å². The number of carboxylic acid groups (broad SMARTS) is 1. The van der Waals surface area contributed by atoms with Gasteiger partial charge in [0.25, 0.3) is 0 Å². The van der Waals surface area contributed by atoms with Gasteiger partial charge >= 0.3 is 11.9 Å². The quantitative estimate of drug-likeness (QED) is 0.865. The highest BCUT2D eigenvalue weighted by molar-refractivity contribution is 5.94. The van der Waals surface area contributed by atoms with E-state index in [0.29, 0.717) is 12.0 Å². The minimum Gasteiger partial charge on any atom is -0.477 e. The summed E-state index contributed by atoms with van der Waals surface area (Å²) in [6.45, 7) is 0. The lowest BCUT2D eigenvalue weighted by Gasteiger charge is -2.22. The van der Waals surface area contributed by atoms with E-state index in [2.05, 4.69) is 0 Å². The monoisotopic (exact) mass is 242 g/mol. The van der Waals surface area contributed by atoms with Gasteiger partial charge in [-0.2, -0.15) is 8.78 Å². The van der Waals surface area contributed by atoms with Crippen LogP contribution < -0.4 is 0 Å². The van der Waals surface area contributed by atoms with Crippen LogP contribution >= 0.6 is 0 Å². The Bertz CT molecular complexity index is 506. The van der Waals surface area contributed by atoms with Gasteiger partial charge < -0.3 is 5.11 Å². The second-order valence-electron chi connectivity index (χ2n) is 3.81. The summed E-state index contributed by atoms with van der Waals surface area (Å²) in [5.74, 6) is -7.13. The molecule has 0 amide bonds. The van der Waals surface area contributed by atoms with Crippen molar-refractivity contribution >= 4 is 11.5 Å². The van der Waals surface area contributed by atoms with Crippen molar-refractivity contribution in [3.63, 3.8) is 0 Å². The zero-order chi connectivity index (χ0) is 12.6. The van der Waals surface area contributed by atoms with E-state index < -0.39 is 23.3 Å². The lowest BCUT2D eigenvalue weighted by atomic mass is 9.87. The molecule has 0 saturated carbocycles. The van der Waals surface area contributed by atoms with Crippen LogP contribution in [0.5, 0.6) is 0 Å². The van der Waals surface area contributed by atoms with E-state index in [-0.39, 0.29) is 12.0 Å². The Morgan fingerprint density at radius 2 is 2.06 bits per heavy atom. The van der Waals surface area contributed by atoms with Crippen LogP contribution in [0.3, 0.4) is 0 Å². The second-order valence-corrected chi connectivity index (χ2v) is 3.81. The Morgan fingerprint density at radius 3 is 2.71 bits per heavy atom. The average molecular weight is 242 g/mol. The minimum absolute atomic E-state index is 0.272. The molecular formula is C12H9F3O2. The summed E-state index contributed by atoms with van der Waals surface area (Å²) in [5, 5.41) is 8.50. The summed E-state index contributed by atoms with van der Waals surface area (Å²) in [6.07, 6.45) is 1.82. The zero-order valence-corrected chi connectivity index (χ0v) is 8.71. The first-order chi connectivity index (χ1) is 7.94. The van der Waals surface area contributed by atoms with Crippen molar-refractivity contribution in [2.45, 2.75) is 18.8 Å². The van der Waals surface area contributed by atoms with Crippen LogP contribution in [0.25, 0.3) is 5.57 Å². The number of allylic oxidation sites excluding steroid dienone is 1. The summed E-state index contributed by atoms with van der Waals surface area (Å²) in [4.78, 5) is 10.5. The van der Waals surface area contributed by atoms with Crippen molar-refractivity contribution in [3.8, 4) is 0 Å². The first-order valence-electron chi connectivity index (χ1n) is 5.04. The predicted octanol–water partition coefficient (Wildman–Crippen LogP) is 2.88. The molecule has 17 heavy (non-hydrogen) atoms. The maximum absolute atomic E-state index is 13.5. The minimum atomic E-state index is -4.06. The molecule has 1 aromatic rings. The molecule has 0 atom stereocenters. The number of hydrogen-bond donors (Lipinski definition) is 1. The first-order valence-corrected chi connectivity index (χ1v) is 5.04. The third kappa shape index (κ3) is 1.81. The van der Waals surface area contributed by atoms with Gasteiger partial charge in [-0.3, -0.25) is 0 Å². The molecule has 1 aromatic carbocycles. The fourth-order valence-electron chi connectivity index (χ4n) is 1.95. The number of benzene rings is 1. The zero-order valence-electron chi connectivity index (χ0n) is 8.71. The van der Waals surface area contributed by atoms with Crippen LogP contribution in [0.1, 0.15) is 17.5 Å². The van der Waals surface area contributed by atoms with E-state index in [1.54, 1.807) is 0 Å². The predicted molar refractivity (Wildman–Crippen MR) is 55.3 cm³/mol. The van der Waals surface area contributed by atoms with E-state index in [4.69, 9.17) is 5.11 Å². The molecule has 0 unspecified atom stereocenters. The molecule has 0 radical (unpaired) electrons. The fraction of sp³-hybridized carbons (Fsp3) is 0.250. The van der Waals surface area contributed by atoms with Crippen molar-refractivity contribution < 1.29 is 23.1 Å². The standard InChI is InChI=1S/C12H9F3O2/c13-9-6-2-4-7-3-1-5-8(10(7)9)12(14,15)11(16)17/h2,4-6H,1,3H2,(H,16,17). The Balaban J connectivity index is 2.60. The van der Waals surface area contributed by atoms with Crippen LogP contribution in [0.15, 0.2) is 24.3 Å². The van der Waals surface area contributed by atoms with E-state index in [1.165, 1.54) is 12.1 Å². The molecule has 1 aliphatic carbocycles. The van der Waals surface area contributed by atoms with Gasteiger partial charge in [0.05, 0.1) is 0 Å². The maximum Gasteiger partial charge on any atom is 0.379 e. The highest BCUT2D eigenvalue weighted by Crippen LogP contribution is 2.39. The van der Waals surface area contributed by atoms with Crippen LogP contribution in [0, 0.1) is 5.82 Å². The summed E-state index contributed by atoms with van der Waals surface area (Å²) in [6, 6.07) is 4.01. The molecule has 1 N–H and O–H groups in total. The van der Waals surface area contributed by atoms with Gasteiger partial charge in [0.2, 0.25) is 0 Å². The molecule has 0 spiro atoms. The Hall–Kier alpha value is -1.78. The molecule has 0 aromatic heterocycles. The molecular weight excluding hydrogens is 233 g/mol. The van der Waals surface area contributed by atoms with Crippen LogP contribution in [0.2, 0.25) is 0 Å². The number of rotatable bonds is 2. The molecule has 2 rings (SSSR count).